The number of aromatic nitrogens is 3. The van der Waals surface area contributed by atoms with Gasteiger partial charge in [-0.15, -0.1) is 0 Å². The minimum atomic E-state index is -4.93. The SMILES string of the molecule is CCN([C@H](c1ccc(F)cc1)C(F)(F)F)S(=O)(=O)c1nn(CC)c2cccnc12. The van der Waals surface area contributed by atoms with Crippen LogP contribution in [-0.2, 0) is 16.6 Å². The summed E-state index contributed by atoms with van der Waals surface area (Å²) in [7, 11) is -4.68. The van der Waals surface area contributed by atoms with E-state index in [1.165, 1.54) is 17.8 Å². The van der Waals surface area contributed by atoms with Gasteiger partial charge in [-0.2, -0.15) is 22.6 Å². The smallest absolute Gasteiger partial charge is 0.262 e. The molecule has 1 aromatic carbocycles. The average Bonchev–Trinajstić information content (AvgIpc) is 3.05. The maximum absolute atomic E-state index is 13.9. The zero-order chi connectivity index (χ0) is 21.4. The van der Waals surface area contributed by atoms with Crippen molar-refractivity contribution in [1.29, 1.82) is 0 Å². The number of hydrogen-bond donors (Lipinski definition) is 0. The van der Waals surface area contributed by atoms with Crippen LogP contribution in [0.5, 0.6) is 0 Å². The lowest BCUT2D eigenvalue weighted by Crippen LogP contribution is -2.42. The molecule has 0 spiro atoms. The Labute approximate surface area is 164 Å². The lowest BCUT2D eigenvalue weighted by atomic mass is 10.1. The Kier molecular flexibility index (Phi) is 5.63. The number of benzene rings is 1. The van der Waals surface area contributed by atoms with Crippen LogP contribution in [0.3, 0.4) is 0 Å². The summed E-state index contributed by atoms with van der Waals surface area (Å²) >= 11 is 0. The Balaban J connectivity index is 2.20. The number of rotatable bonds is 6. The minimum absolute atomic E-state index is 0.00664. The van der Waals surface area contributed by atoms with E-state index in [4.69, 9.17) is 0 Å². The molecule has 6 nitrogen and oxygen atoms in total. The second-order valence-corrected chi connectivity index (χ2v) is 8.00. The highest BCUT2D eigenvalue weighted by Gasteiger charge is 2.49. The fourth-order valence-corrected chi connectivity index (χ4v) is 4.85. The molecule has 0 saturated carbocycles. The monoisotopic (exact) mass is 430 g/mol. The number of pyridine rings is 1. The lowest BCUT2D eigenvalue weighted by molar-refractivity contribution is -0.173. The molecule has 2 heterocycles. The normalized spacial score (nSPS) is 13.9. The first-order valence-corrected chi connectivity index (χ1v) is 10.2. The van der Waals surface area contributed by atoms with Gasteiger partial charge in [-0.1, -0.05) is 19.1 Å². The van der Waals surface area contributed by atoms with E-state index in [9.17, 15) is 26.0 Å². The van der Waals surface area contributed by atoms with Crippen molar-refractivity contribution in [2.75, 3.05) is 6.54 Å². The molecule has 0 bridgehead atoms. The van der Waals surface area contributed by atoms with E-state index in [2.05, 4.69) is 10.1 Å². The molecular formula is C18H18F4N4O2S. The molecule has 2 aromatic heterocycles. The fraction of sp³-hybridized carbons (Fsp3) is 0.333. The highest BCUT2D eigenvalue weighted by Crippen LogP contribution is 2.41. The highest BCUT2D eigenvalue weighted by molar-refractivity contribution is 7.89. The zero-order valence-electron chi connectivity index (χ0n) is 15.6. The van der Waals surface area contributed by atoms with Gasteiger partial charge in [0.1, 0.15) is 17.4 Å². The molecule has 0 radical (unpaired) electrons. The van der Waals surface area contributed by atoms with Crippen molar-refractivity contribution in [3.8, 4) is 0 Å². The van der Waals surface area contributed by atoms with E-state index in [1.807, 2.05) is 0 Å². The summed E-state index contributed by atoms with van der Waals surface area (Å²) in [4.78, 5) is 4.02. The van der Waals surface area contributed by atoms with E-state index < -0.39 is 45.2 Å². The topological polar surface area (TPSA) is 68.1 Å². The quantitative estimate of drug-likeness (QED) is 0.556. The van der Waals surface area contributed by atoms with Gasteiger partial charge in [-0.25, -0.2) is 12.8 Å². The first-order chi connectivity index (χ1) is 13.6. The molecule has 1 atom stereocenters. The lowest BCUT2D eigenvalue weighted by Gasteiger charge is -2.31. The third-order valence-corrected chi connectivity index (χ3v) is 6.28. The zero-order valence-corrected chi connectivity index (χ0v) is 16.4. The van der Waals surface area contributed by atoms with Crippen LogP contribution in [-0.4, -0.2) is 40.2 Å². The van der Waals surface area contributed by atoms with Crippen LogP contribution >= 0.6 is 0 Å². The first kappa shape index (κ1) is 21.2. The molecule has 3 rings (SSSR count). The fourth-order valence-electron chi connectivity index (χ4n) is 3.16. The van der Waals surface area contributed by atoms with E-state index in [0.29, 0.717) is 16.4 Å². The Bertz CT molecular complexity index is 1110. The third kappa shape index (κ3) is 3.84. The van der Waals surface area contributed by atoms with Crippen molar-refractivity contribution in [3.05, 3.63) is 54.0 Å². The van der Waals surface area contributed by atoms with Gasteiger partial charge in [0.05, 0.1) is 5.52 Å². The van der Waals surface area contributed by atoms with E-state index in [0.717, 1.165) is 24.3 Å². The molecular weight excluding hydrogens is 412 g/mol. The van der Waals surface area contributed by atoms with Crippen LogP contribution < -0.4 is 0 Å². The van der Waals surface area contributed by atoms with Gasteiger partial charge >= 0.3 is 6.18 Å². The summed E-state index contributed by atoms with van der Waals surface area (Å²) in [5.41, 5.74) is -0.000636. The van der Waals surface area contributed by atoms with Gasteiger partial charge < -0.3 is 0 Å². The Morgan fingerprint density at radius 3 is 2.34 bits per heavy atom. The van der Waals surface area contributed by atoms with Crippen LogP contribution in [0.4, 0.5) is 17.6 Å². The first-order valence-electron chi connectivity index (χ1n) is 8.76. The Hall–Kier alpha value is -2.53. The summed E-state index contributed by atoms with van der Waals surface area (Å²) in [6, 6.07) is 4.24. The summed E-state index contributed by atoms with van der Waals surface area (Å²) in [5.74, 6) is -0.725. The van der Waals surface area contributed by atoms with Gasteiger partial charge in [0.2, 0.25) is 5.03 Å². The molecule has 0 unspecified atom stereocenters. The predicted octanol–water partition coefficient (Wildman–Crippen LogP) is 3.90. The van der Waals surface area contributed by atoms with Crippen LogP contribution in [0.1, 0.15) is 25.5 Å². The number of sulfonamides is 1. The van der Waals surface area contributed by atoms with Gasteiger partial charge in [-0.05, 0) is 36.8 Å². The standard InChI is InChI=1S/C18H18F4N4O2S/c1-3-25-14-6-5-11-23-15(14)17(24-25)29(27,28)26(4-2)16(18(20,21)22)12-7-9-13(19)10-8-12/h5-11,16H,3-4H2,1-2H3/t16-/m1/s1. The number of nitrogens with zero attached hydrogens (tertiary/aromatic N) is 4. The van der Waals surface area contributed by atoms with Gasteiger partial charge in [-0.3, -0.25) is 9.67 Å². The van der Waals surface area contributed by atoms with Crippen molar-refractivity contribution < 1.29 is 26.0 Å². The third-order valence-electron chi connectivity index (χ3n) is 4.43. The van der Waals surface area contributed by atoms with E-state index in [1.54, 1.807) is 19.1 Å². The molecule has 29 heavy (non-hydrogen) atoms. The molecule has 0 amide bonds. The summed E-state index contributed by atoms with van der Waals surface area (Å²) in [5, 5.41) is 3.47. The Morgan fingerprint density at radius 1 is 1.14 bits per heavy atom. The van der Waals surface area contributed by atoms with E-state index >= 15 is 0 Å². The summed E-state index contributed by atoms with van der Waals surface area (Å²) in [6.07, 6.45) is -3.59. The van der Waals surface area contributed by atoms with Gasteiger partial charge in [0.25, 0.3) is 10.0 Å². The molecule has 0 N–H and O–H groups in total. The molecule has 0 saturated heterocycles. The summed E-state index contributed by atoms with van der Waals surface area (Å²) < 4.78 is 83.2. The second kappa shape index (κ2) is 7.71. The molecule has 156 valence electrons. The van der Waals surface area contributed by atoms with Crippen LogP contribution in [0.25, 0.3) is 11.0 Å². The number of alkyl halides is 3. The molecule has 0 aliphatic rings. The maximum Gasteiger partial charge on any atom is 0.409 e. The van der Waals surface area contributed by atoms with Gasteiger partial charge in [0, 0.05) is 19.3 Å². The van der Waals surface area contributed by atoms with Crippen molar-refractivity contribution in [2.24, 2.45) is 0 Å². The average molecular weight is 430 g/mol. The van der Waals surface area contributed by atoms with Crippen molar-refractivity contribution >= 4 is 21.1 Å². The van der Waals surface area contributed by atoms with E-state index in [-0.39, 0.29) is 5.52 Å². The molecule has 0 fully saturated rings. The molecule has 0 aliphatic carbocycles. The number of aryl methyl sites for hydroxylation is 1. The second-order valence-electron chi connectivity index (χ2n) is 6.20. The Morgan fingerprint density at radius 2 is 1.79 bits per heavy atom. The minimum Gasteiger partial charge on any atom is -0.262 e. The maximum atomic E-state index is 13.9. The van der Waals surface area contributed by atoms with Crippen LogP contribution in [0.15, 0.2) is 47.6 Å². The van der Waals surface area contributed by atoms with Crippen molar-refractivity contribution in [2.45, 2.75) is 37.6 Å². The number of hydrogen-bond acceptors (Lipinski definition) is 4. The van der Waals surface area contributed by atoms with Gasteiger partial charge in [0.15, 0.2) is 0 Å². The van der Waals surface area contributed by atoms with Crippen molar-refractivity contribution in [1.82, 2.24) is 19.1 Å². The van der Waals surface area contributed by atoms with Crippen LogP contribution in [0.2, 0.25) is 0 Å². The summed E-state index contributed by atoms with van der Waals surface area (Å²) in [6.45, 7) is 2.86. The largest absolute Gasteiger partial charge is 0.409 e. The molecule has 11 heteroatoms. The van der Waals surface area contributed by atoms with Crippen molar-refractivity contribution in [3.63, 3.8) is 0 Å². The number of halogens is 4. The predicted molar refractivity (Wildman–Crippen MR) is 98.0 cm³/mol. The van der Waals surface area contributed by atoms with Crippen LogP contribution in [0, 0.1) is 5.82 Å². The number of fused-ring (bicyclic) bond motifs is 1. The highest BCUT2D eigenvalue weighted by atomic mass is 32.2. The molecule has 0 aliphatic heterocycles. The molecule has 3 aromatic rings.